The highest BCUT2D eigenvalue weighted by molar-refractivity contribution is 5.49. The third-order valence-corrected chi connectivity index (χ3v) is 4.63. The van der Waals surface area contributed by atoms with Crippen LogP contribution in [0.4, 0.5) is 11.5 Å². The van der Waals surface area contributed by atoms with Gasteiger partial charge in [0.1, 0.15) is 5.82 Å². The number of nitrogens with zero attached hydrogens (tertiary/aromatic N) is 2. The Morgan fingerprint density at radius 3 is 2.43 bits per heavy atom. The summed E-state index contributed by atoms with van der Waals surface area (Å²) < 4.78 is 5.38. The van der Waals surface area contributed by atoms with Crippen LogP contribution >= 0.6 is 0 Å². The van der Waals surface area contributed by atoms with Crippen LogP contribution in [0.1, 0.15) is 33.1 Å². The maximum Gasteiger partial charge on any atom is 0.128 e. The number of ether oxygens (including phenoxy) is 1. The van der Waals surface area contributed by atoms with E-state index in [2.05, 4.69) is 41.2 Å². The Kier molecular flexibility index (Phi) is 4.63. The van der Waals surface area contributed by atoms with Gasteiger partial charge < -0.3 is 15.0 Å². The highest BCUT2D eigenvalue weighted by Crippen LogP contribution is 2.30. The van der Waals surface area contributed by atoms with Crippen molar-refractivity contribution in [1.82, 2.24) is 4.98 Å². The molecule has 1 N–H and O–H groups in total. The zero-order valence-electron chi connectivity index (χ0n) is 13.2. The third kappa shape index (κ3) is 3.88. The molecule has 1 saturated carbocycles. The molecule has 21 heavy (non-hydrogen) atoms. The summed E-state index contributed by atoms with van der Waals surface area (Å²) >= 11 is 0. The summed E-state index contributed by atoms with van der Waals surface area (Å²) in [4.78, 5) is 6.90. The fourth-order valence-corrected chi connectivity index (χ4v) is 3.75. The predicted molar refractivity (Wildman–Crippen MR) is 86.9 cm³/mol. The minimum absolute atomic E-state index is 0.597. The second-order valence-corrected chi connectivity index (χ2v) is 6.76. The van der Waals surface area contributed by atoms with Gasteiger partial charge in [-0.25, -0.2) is 4.98 Å². The number of hydrogen-bond donors (Lipinski definition) is 1. The summed E-state index contributed by atoms with van der Waals surface area (Å²) in [6, 6.07) is 4.89. The van der Waals surface area contributed by atoms with Crippen molar-refractivity contribution < 1.29 is 4.74 Å². The molecule has 0 radical (unpaired) electrons. The number of morpholine rings is 1. The average Bonchev–Trinajstić information content (AvgIpc) is 2.48. The minimum Gasteiger partial charge on any atom is -0.381 e. The first-order valence-corrected chi connectivity index (χ1v) is 8.26. The molecule has 1 aromatic rings. The van der Waals surface area contributed by atoms with E-state index in [1.807, 2.05) is 6.20 Å². The van der Waals surface area contributed by atoms with Gasteiger partial charge in [0.05, 0.1) is 25.1 Å². The van der Waals surface area contributed by atoms with E-state index in [4.69, 9.17) is 4.74 Å². The molecule has 0 spiro atoms. The molecular weight excluding hydrogens is 262 g/mol. The number of aromatic nitrogens is 1. The van der Waals surface area contributed by atoms with E-state index in [0.717, 1.165) is 49.6 Å². The van der Waals surface area contributed by atoms with Crippen molar-refractivity contribution in [2.75, 3.05) is 36.5 Å². The lowest BCUT2D eigenvalue weighted by Gasteiger charge is -2.32. The smallest absolute Gasteiger partial charge is 0.128 e. The van der Waals surface area contributed by atoms with Gasteiger partial charge in [0.2, 0.25) is 0 Å². The van der Waals surface area contributed by atoms with Crippen LogP contribution in [0, 0.1) is 11.8 Å². The van der Waals surface area contributed by atoms with Crippen LogP contribution in [-0.2, 0) is 4.74 Å². The van der Waals surface area contributed by atoms with Gasteiger partial charge in [0.15, 0.2) is 0 Å². The fourth-order valence-electron chi connectivity index (χ4n) is 3.75. The number of hydrogen-bond acceptors (Lipinski definition) is 4. The summed E-state index contributed by atoms with van der Waals surface area (Å²) in [7, 11) is 0. The zero-order chi connectivity index (χ0) is 14.7. The Morgan fingerprint density at radius 2 is 1.81 bits per heavy atom. The molecule has 2 aliphatic rings. The lowest BCUT2D eigenvalue weighted by Crippen LogP contribution is -2.36. The molecule has 4 nitrogen and oxygen atoms in total. The maximum absolute atomic E-state index is 5.38. The summed E-state index contributed by atoms with van der Waals surface area (Å²) in [5.41, 5.74) is 1.15. The van der Waals surface area contributed by atoms with E-state index in [-0.39, 0.29) is 0 Å². The summed E-state index contributed by atoms with van der Waals surface area (Å²) in [5.74, 6) is 2.72. The number of rotatable bonds is 3. The minimum atomic E-state index is 0.597. The Bertz CT molecular complexity index is 432. The van der Waals surface area contributed by atoms with Crippen LogP contribution < -0.4 is 10.2 Å². The molecule has 1 aromatic heterocycles. The average molecular weight is 289 g/mol. The lowest BCUT2D eigenvalue weighted by atomic mass is 9.80. The highest BCUT2D eigenvalue weighted by Gasteiger charge is 2.23. The SMILES string of the molecule is CC1CC(C)CC(Nc2ccc(N3CCOCC3)nc2)C1. The molecule has 0 bridgehead atoms. The molecule has 2 heterocycles. The van der Waals surface area contributed by atoms with E-state index in [1.165, 1.54) is 19.3 Å². The van der Waals surface area contributed by atoms with Crippen LogP contribution in [0.5, 0.6) is 0 Å². The molecule has 2 unspecified atom stereocenters. The second-order valence-electron chi connectivity index (χ2n) is 6.76. The van der Waals surface area contributed by atoms with E-state index < -0.39 is 0 Å². The van der Waals surface area contributed by atoms with Gasteiger partial charge in [0, 0.05) is 19.1 Å². The first-order valence-electron chi connectivity index (χ1n) is 8.26. The lowest BCUT2D eigenvalue weighted by molar-refractivity contribution is 0.122. The van der Waals surface area contributed by atoms with Crippen LogP contribution in [0.3, 0.4) is 0 Å². The van der Waals surface area contributed by atoms with Crippen molar-refractivity contribution in [2.24, 2.45) is 11.8 Å². The molecule has 0 amide bonds. The fraction of sp³-hybridized carbons (Fsp3) is 0.706. The largest absolute Gasteiger partial charge is 0.381 e. The van der Waals surface area contributed by atoms with E-state index >= 15 is 0 Å². The first-order chi connectivity index (χ1) is 10.2. The van der Waals surface area contributed by atoms with Gasteiger partial charge in [0.25, 0.3) is 0 Å². The third-order valence-electron chi connectivity index (χ3n) is 4.63. The van der Waals surface area contributed by atoms with Gasteiger partial charge in [-0.3, -0.25) is 0 Å². The predicted octanol–water partition coefficient (Wildman–Crippen LogP) is 3.15. The molecule has 2 fully saturated rings. The van der Waals surface area contributed by atoms with E-state index in [1.54, 1.807) is 0 Å². The molecule has 4 heteroatoms. The molecule has 1 aliphatic heterocycles. The van der Waals surface area contributed by atoms with Crippen molar-refractivity contribution >= 4 is 11.5 Å². The topological polar surface area (TPSA) is 37.4 Å². The van der Waals surface area contributed by atoms with Gasteiger partial charge in [-0.2, -0.15) is 0 Å². The molecule has 2 atom stereocenters. The van der Waals surface area contributed by atoms with Crippen molar-refractivity contribution in [3.63, 3.8) is 0 Å². The van der Waals surface area contributed by atoms with Gasteiger partial charge >= 0.3 is 0 Å². The molecule has 0 aromatic carbocycles. The first kappa shape index (κ1) is 14.6. The van der Waals surface area contributed by atoms with Crippen molar-refractivity contribution in [2.45, 2.75) is 39.2 Å². The Balaban J connectivity index is 1.59. The number of nitrogens with one attached hydrogen (secondary N) is 1. The summed E-state index contributed by atoms with van der Waals surface area (Å²) in [5, 5.41) is 3.67. The van der Waals surface area contributed by atoms with Gasteiger partial charge in [-0.1, -0.05) is 13.8 Å². The van der Waals surface area contributed by atoms with Crippen molar-refractivity contribution in [1.29, 1.82) is 0 Å². The van der Waals surface area contributed by atoms with E-state index in [9.17, 15) is 0 Å². The normalized spacial score (nSPS) is 30.2. The van der Waals surface area contributed by atoms with Crippen molar-refractivity contribution in [3.05, 3.63) is 18.3 Å². The van der Waals surface area contributed by atoms with Gasteiger partial charge in [-0.05, 0) is 43.2 Å². The Labute approximate surface area is 127 Å². The molecule has 1 aliphatic carbocycles. The quantitative estimate of drug-likeness (QED) is 0.927. The highest BCUT2D eigenvalue weighted by atomic mass is 16.5. The van der Waals surface area contributed by atoms with Crippen LogP contribution in [0.25, 0.3) is 0 Å². The Hall–Kier alpha value is -1.29. The summed E-state index contributed by atoms with van der Waals surface area (Å²) in [6.45, 7) is 8.22. The number of anilines is 2. The molecule has 3 rings (SSSR count). The standard InChI is InChI=1S/C17H27N3O/c1-13-9-14(2)11-16(10-13)19-15-3-4-17(18-12-15)20-5-7-21-8-6-20/h3-4,12-14,16,19H,5-11H2,1-2H3. The number of pyridine rings is 1. The maximum atomic E-state index is 5.38. The van der Waals surface area contributed by atoms with Crippen LogP contribution in [-0.4, -0.2) is 37.3 Å². The van der Waals surface area contributed by atoms with Gasteiger partial charge in [-0.15, -0.1) is 0 Å². The molecule has 1 saturated heterocycles. The van der Waals surface area contributed by atoms with Crippen LogP contribution in [0.15, 0.2) is 18.3 Å². The monoisotopic (exact) mass is 289 g/mol. The zero-order valence-corrected chi connectivity index (χ0v) is 13.2. The molecule has 116 valence electrons. The van der Waals surface area contributed by atoms with E-state index in [0.29, 0.717) is 6.04 Å². The molecular formula is C17H27N3O. The van der Waals surface area contributed by atoms with Crippen LogP contribution in [0.2, 0.25) is 0 Å². The Morgan fingerprint density at radius 1 is 1.10 bits per heavy atom. The van der Waals surface area contributed by atoms with Crippen molar-refractivity contribution in [3.8, 4) is 0 Å². The summed E-state index contributed by atoms with van der Waals surface area (Å²) in [6.07, 6.45) is 5.90. The second kappa shape index (κ2) is 6.65.